The van der Waals surface area contributed by atoms with Crippen LogP contribution in [0.3, 0.4) is 0 Å². The van der Waals surface area contributed by atoms with E-state index in [1.165, 1.54) is 12.2 Å². The van der Waals surface area contributed by atoms with Gasteiger partial charge in [0.15, 0.2) is 0 Å². The highest BCUT2D eigenvalue weighted by Gasteiger charge is 2.50. The first-order chi connectivity index (χ1) is 26.2. The molecule has 314 valence electrons. The molecule has 16 nitrogen and oxygen atoms in total. The van der Waals surface area contributed by atoms with Gasteiger partial charge in [0, 0.05) is 54.2 Å². The molecule has 0 bridgehead atoms. The van der Waals surface area contributed by atoms with E-state index in [4.69, 9.17) is 4.74 Å². The number of aliphatic hydroxyl groups excluding tert-OH is 8. The van der Waals surface area contributed by atoms with E-state index in [-0.39, 0.29) is 42.6 Å². The van der Waals surface area contributed by atoms with Crippen molar-refractivity contribution < 1.29 is 60.0 Å². The molecule has 0 aliphatic carbocycles. The molecule has 2 saturated heterocycles. The lowest BCUT2D eigenvalue weighted by molar-refractivity contribution is -0.261. The largest absolute Gasteiger partial charge is 0.394 e. The minimum atomic E-state index is -1.82. The van der Waals surface area contributed by atoms with Crippen molar-refractivity contribution in [3.8, 4) is 0 Å². The van der Waals surface area contributed by atoms with E-state index in [1.807, 2.05) is 35.4 Å². The van der Waals surface area contributed by atoms with Gasteiger partial charge in [-0.3, -0.25) is 14.4 Å². The van der Waals surface area contributed by atoms with Gasteiger partial charge >= 0.3 is 0 Å². The van der Waals surface area contributed by atoms with Crippen molar-refractivity contribution in [2.75, 3.05) is 49.2 Å². The van der Waals surface area contributed by atoms with Crippen LogP contribution in [0.1, 0.15) is 71.6 Å². The standard InChI is InChI=1S/C37H62N4O12S2/c1-3-13-37(2,21-40-30(48)18-39-28(46)10-5-4-9-24-12-15-54-55-24)14-11-29(47)41-23-8-6-7-22(16-23)38-17-25(44)32(49)31(26(45)19-42)36-35(52)34(51)33(50)27(20-43)53-36/h6-8,16,24-27,31-36,38,42-45,49-52H,3-5,9-15,17-21H2,1-2H3,(H,39,46)(H,40,48)(H,41,47). The van der Waals surface area contributed by atoms with Crippen molar-refractivity contribution in [3.63, 3.8) is 0 Å². The lowest BCUT2D eigenvalue weighted by Gasteiger charge is -2.45. The summed E-state index contributed by atoms with van der Waals surface area (Å²) in [6.07, 6.45) is -6.47. The molecule has 1 aromatic rings. The van der Waals surface area contributed by atoms with E-state index >= 15 is 0 Å². The number of unbranched alkanes of at least 4 members (excludes halogenated alkanes) is 1. The van der Waals surface area contributed by atoms with Crippen LogP contribution >= 0.6 is 21.6 Å². The molecular formula is C37H62N4O12S2. The Hall–Kier alpha value is -2.23. The molecular weight excluding hydrogens is 757 g/mol. The van der Waals surface area contributed by atoms with Crippen LogP contribution in [-0.2, 0) is 19.1 Å². The number of carbonyl (C=O) groups is 3. The van der Waals surface area contributed by atoms with Gasteiger partial charge < -0.3 is 66.9 Å². The van der Waals surface area contributed by atoms with Crippen molar-refractivity contribution in [2.24, 2.45) is 11.3 Å². The smallest absolute Gasteiger partial charge is 0.239 e. The van der Waals surface area contributed by atoms with Crippen molar-refractivity contribution in [2.45, 2.75) is 126 Å². The topological polar surface area (TPSA) is 270 Å². The molecule has 2 fully saturated rings. The fourth-order valence-electron chi connectivity index (χ4n) is 6.93. The number of amides is 3. The summed E-state index contributed by atoms with van der Waals surface area (Å²) in [6, 6.07) is 6.61. The Bertz CT molecular complexity index is 1330. The third kappa shape index (κ3) is 15.2. The van der Waals surface area contributed by atoms with Gasteiger partial charge in [-0.25, -0.2) is 0 Å². The summed E-state index contributed by atoms with van der Waals surface area (Å²) < 4.78 is 5.48. The number of carbonyl (C=O) groups excluding carboxylic acids is 3. The van der Waals surface area contributed by atoms with Gasteiger partial charge in [-0.2, -0.15) is 0 Å². The molecule has 18 heteroatoms. The number of hydrogen-bond donors (Lipinski definition) is 12. The van der Waals surface area contributed by atoms with Gasteiger partial charge in [-0.1, -0.05) is 54.3 Å². The predicted molar refractivity (Wildman–Crippen MR) is 211 cm³/mol. The molecule has 11 atom stereocenters. The maximum atomic E-state index is 13.0. The molecule has 3 amide bonds. The van der Waals surface area contributed by atoms with Crippen molar-refractivity contribution >= 4 is 50.7 Å². The summed E-state index contributed by atoms with van der Waals surface area (Å²) in [5.41, 5.74) is 0.557. The second-order valence-corrected chi connectivity index (χ2v) is 17.7. The van der Waals surface area contributed by atoms with Gasteiger partial charge in [0.2, 0.25) is 17.7 Å². The number of anilines is 2. The fourth-order valence-corrected chi connectivity index (χ4v) is 9.95. The zero-order valence-corrected chi connectivity index (χ0v) is 33.3. The number of ether oxygens (including phenoxy) is 1. The number of nitrogens with one attached hydrogen (secondary N) is 4. The van der Waals surface area contributed by atoms with Crippen LogP contribution in [0.15, 0.2) is 24.3 Å². The van der Waals surface area contributed by atoms with Gasteiger partial charge in [-0.15, -0.1) is 0 Å². The van der Waals surface area contributed by atoms with Crippen LogP contribution in [0.4, 0.5) is 11.4 Å². The van der Waals surface area contributed by atoms with Gasteiger partial charge in [0.25, 0.3) is 0 Å². The Morgan fingerprint density at radius 2 is 1.67 bits per heavy atom. The molecule has 55 heavy (non-hydrogen) atoms. The minimum Gasteiger partial charge on any atom is -0.394 e. The quantitative estimate of drug-likeness (QED) is 0.0488. The highest BCUT2D eigenvalue weighted by atomic mass is 33.1. The van der Waals surface area contributed by atoms with E-state index in [0.29, 0.717) is 36.0 Å². The number of benzene rings is 1. The van der Waals surface area contributed by atoms with Crippen molar-refractivity contribution in [3.05, 3.63) is 24.3 Å². The summed E-state index contributed by atoms with van der Waals surface area (Å²) in [5.74, 6) is -1.01. The lowest BCUT2D eigenvalue weighted by atomic mass is 9.80. The fraction of sp³-hybridized carbons (Fsp3) is 0.757. The zero-order valence-electron chi connectivity index (χ0n) is 31.7. The number of rotatable bonds is 24. The zero-order chi connectivity index (χ0) is 40.5. The maximum absolute atomic E-state index is 13.0. The average molecular weight is 819 g/mol. The Labute approximate surface area is 331 Å². The molecule has 1 aromatic carbocycles. The third-order valence-corrected chi connectivity index (χ3v) is 13.3. The Morgan fingerprint density at radius 1 is 0.927 bits per heavy atom. The molecule has 2 aliphatic rings. The van der Waals surface area contributed by atoms with Crippen LogP contribution in [-0.4, -0.2) is 151 Å². The molecule has 0 radical (unpaired) electrons. The normalized spacial score (nSPS) is 25.9. The lowest BCUT2D eigenvalue weighted by Crippen LogP contribution is -2.64. The van der Waals surface area contributed by atoms with Crippen LogP contribution in [0.5, 0.6) is 0 Å². The summed E-state index contributed by atoms with van der Waals surface area (Å²) in [6.45, 7) is 2.38. The highest BCUT2D eigenvalue weighted by Crippen LogP contribution is 2.40. The van der Waals surface area contributed by atoms with Gasteiger partial charge in [-0.05, 0) is 55.7 Å². The molecule has 2 heterocycles. The number of aliphatic hydroxyl groups is 8. The summed E-state index contributed by atoms with van der Waals surface area (Å²) >= 11 is 0. The van der Waals surface area contributed by atoms with Crippen molar-refractivity contribution in [1.29, 1.82) is 0 Å². The second kappa shape index (κ2) is 23.9. The predicted octanol–water partition coefficient (Wildman–Crippen LogP) is 0.104. The first kappa shape index (κ1) is 47.1. The van der Waals surface area contributed by atoms with E-state index in [1.54, 1.807) is 24.3 Å². The van der Waals surface area contributed by atoms with Crippen LogP contribution < -0.4 is 21.3 Å². The van der Waals surface area contributed by atoms with Crippen LogP contribution in [0.25, 0.3) is 0 Å². The van der Waals surface area contributed by atoms with E-state index in [0.717, 1.165) is 32.1 Å². The average Bonchev–Trinajstić information content (AvgIpc) is 3.70. The second-order valence-electron chi connectivity index (χ2n) is 14.9. The molecule has 0 aromatic heterocycles. The Morgan fingerprint density at radius 3 is 2.35 bits per heavy atom. The highest BCUT2D eigenvalue weighted by molar-refractivity contribution is 8.77. The van der Waals surface area contributed by atoms with E-state index in [9.17, 15) is 55.2 Å². The maximum Gasteiger partial charge on any atom is 0.239 e. The Kier molecular flexibility index (Phi) is 20.5. The first-order valence-electron chi connectivity index (χ1n) is 19.1. The summed E-state index contributed by atoms with van der Waals surface area (Å²) in [5, 5.41) is 94.4. The summed E-state index contributed by atoms with van der Waals surface area (Å²) in [4.78, 5) is 37.8. The van der Waals surface area contributed by atoms with Crippen molar-refractivity contribution in [1.82, 2.24) is 10.6 Å². The van der Waals surface area contributed by atoms with E-state index in [2.05, 4.69) is 21.3 Å². The SMILES string of the molecule is CCCC(C)(CCC(=O)Nc1cccc(NCC(O)C(O)C(C(O)CO)C2OC(CO)C(O)C(O)C2O)c1)CNC(=O)CNC(=O)CCCCC1CCSS1. The molecule has 0 spiro atoms. The molecule has 12 N–H and O–H groups in total. The molecule has 11 unspecified atom stereocenters. The minimum absolute atomic E-state index is 0.0968. The van der Waals surface area contributed by atoms with E-state index < -0.39 is 68.0 Å². The third-order valence-electron chi connectivity index (χ3n) is 10.3. The molecule has 3 rings (SSSR count). The Balaban J connectivity index is 1.45. The number of hydrogen-bond acceptors (Lipinski definition) is 15. The van der Waals surface area contributed by atoms with Crippen LogP contribution in [0, 0.1) is 11.3 Å². The molecule has 0 saturated carbocycles. The molecule has 2 aliphatic heterocycles. The van der Waals surface area contributed by atoms with Crippen LogP contribution in [0.2, 0.25) is 0 Å². The first-order valence-corrected chi connectivity index (χ1v) is 21.5. The summed E-state index contributed by atoms with van der Waals surface area (Å²) in [7, 11) is 3.84. The van der Waals surface area contributed by atoms with Gasteiger partial charge in [0.05, 0.1) is 44.2 Å². The monoisotopic (exact) mass is 818 g/mol. The van der Waals surface area contributed by atoms with Gasteiger partial charge in [0.1, 0.15) is 24.4 Å².